The molecule has 0 saturated heterocycles. The lowest BCUT2D eigenvalue weighted by molar-refractivity contribution is -0.133. The molecule has 3 amide bonds. The second-order valence-electron chi connectivity index (χ2n) is 7.69. The number of anilines is 1. The van der Waals surface area contributed by atoms with Crippen LogP contribution in [0.15, 0.2) is 42.6 Å². The maximum atomic E-state index is 13.2. The summed E-state index contributed by atoms with van der Waals surface area (Å²) in [6.07, 6.45) is 4.80. The molecule has 2 aromatic rings. The Bertz CT molecular complexity index is 845. The number of aryl methyl sites for hydroxylation is 1. The van der Waals surface area contributed by atoms with E-state index >= 15 is 0 Å². The Balaban J connectivity index is 1.70. The van der Waals surface area contributed by atoms with Crippen molar-refractivity contribution in [3.63, 3.8) is 0 Å². The molecule has 0 bridgehead atoms. The van der Waals surface area contributed by atoms with Gasteiger partial charge < -0.3 is 19.7 Å². The Kier molecular flexibility index (Phi) is 6.85. The molecule has 1 atom stereocenters. The quantitative estimate of drug-likeness (QED) is 0.688. The Morgan fingerprint density at radius 3 is 2.48 bits per heavy atom. The van der Waals surface area contributed by atoms with E-state index in [0.29, 0.717) is 17.3 Å². The van der Waals surface area contributed by atoms with Crippen molar-refractivity contribution in [2.45, 2.75) is 51.7 Å². The number of rotatable bonds is 8. The number of carbonyl (C=O) groups excluding carboxylic acids is 2. The summed E-state index contributed by atoms with van der Waals surface area (Å²) in [5, 5.41) is 3.49. The van der Waals surface area contributed by atoms with Crippen molar-refractivity contribution in [2.75, 3.05) is 11.9 Å². The van der Waals surface area contributed by atoms with Crippen LogP contribution in [0.5, 0.6) is 0 Å². The maximum absolute atomic E-state index is 13.2. The van der Waals surface area contributed by atoms with Gasteiger partial charge in [0.15, 0.2) is 0 Å². The van der Waals surface area contributed by atoms with Crippen molar-refractivity contribution >= 4 is 29.2 Å². The summed E-state index contributed by atoms with van der Waals surface area (Å²) in [7, 11) is 1.98. The molecule has 1 aromatic carbocycles. The average Bonchev–Trinajstić information content (AvgIpc) is 3.47. The molecule has 3 rings (SSSR count). The van der Waals surface area contributed by atoms with E-state index in [1.165, 1.54) is 0 Å². The highest BCUT2D eigenvalue weighted by Crippen LogP contribution is 2.29. The van der Waals surface area contributed by atoms with Crippen molar-refractivity contribution in [1.29, 1.82) is 0 Å². The average molecular weight is 417 g/mol. The Labute approximate surface area is 177 Å². The van der Waals surface area contributed by atoms with Gasteiger partial charge in [-0.15, -0.1) is 0 Å². The molecule has 29 heavy (non-hydrogen) atoms. The monoisotopic (exact) mass is 416 g/mol. The Morgan fingerprint density at radius 1 is 1.24 bits per heavy atom. The summed E-state index contributed by atoms with van der Waals surface area (Å²) in [6.45, 7) is 4.61. The minimum atomic E-state index is -0.273. The minimum absolute atomic E-state index is 0.0137. The van der Waals surface area contributed by atoms with Crippen LogP contribution < -0.4 is 5.32 Å². The number of benzene rings is 1. The number of carbonyl (C=O) groups is 2. The van der Waals surface area contributed by atoms with Crippen LogP contribution in [0.2, 0.25) is 5.02 Å². The van der Waals surface area contributed by atoms with Gasteiger partial charge in [0.1, 0.15) is 6.54 Å². The minimum Gasteiger partial charge on any atom is -0.353 e. The highest BCUT2D eigenvalue weighted by Gasteiger charge is 2.34. The Hall–Kier alpha value is -2.47. The molecule has 0 radical (unpaired) electrons. The number of hydrogen-bond acceptors (Lipinski definition) is 2. The molecule has 1 aliphatic rings. The van der Waals surface area contributed by atoms with E-state index in [0.717, 1.165) is 25.0 Å². The van der Waals surface area contributed by atoms with E-state index in [2.05, 4.69) is 5.32 Å². The van der Waals surface area contributed by atoms with Crippen LogP contribution in [0.4, 0.5) is 10.5 Å². The number of urea groups is 1. The number of halogens is 1. The Morgan fingerprint density at radius 2 is 1.93 bits per heavy atom. The highest BCUT2D eigenvalue weighted by molar-refractivity contribution is 6.30. The van der Waals surface area contributed by atoms with Gasteiger partial charge in [0.25, 0.3) is 0 Å². The first-order chi connectivity index (χ1) is 13.9. The molecule has 156 valence electrons. The van der Waals surface area contributed by atoms with Gasteiger partial charge in [0.05, 0.1) is 6.54 Å². The number of nitrogens with one attached hydrogen (secondary N) is 1. The molecule has 7 heteroatoms. The molecule has 0 spiro atoms. The smallest absolute Gasteiger partial charge is 0.322 e. The van der Waals surface area contributed by atoms with Gasteiger partial charge in [-0.05, 0) is 62.6 Å². The largest absolute Gasteiger partial charge is 0.353 e. The van der Waals surface area contributed by atoms with E-state index in [-0.39, 0.29) is 30.6 Å². The maximum Gasteiger partial charge on any atom is 0.322 e. The third-order valence-electron chi connectivity index (χ3n) is 5.48. The van der Waals surface area contributed by atoms with Gasteiger partial charge in [0, 0.05) is 41.7 Å². The van der Waals surface area contributed by atoms with Crippen LogP contribution in [-0.4, -0.2) is 44.9 Å². The van der Waals surface area contributed by atoms with Crippen molar-refractivity contribution in [3.05, 3.63) is 53.3 Å². The molecular weight excluding hydrogens is 388 g/mol. The van der Waals surface area contributed by atoms with Gasteiger partial charge in [-0.25, -0.2) is 4.79 Å². The van der Waals surface area contributed by atoms with E-state index in [1.807, 2.05) is 48.7 Å². The number of aromatic nitrogens is 1. The van der Waals surface area contributed by atoms with Crippen molar-refractivity contribution in [3.8, 4) is 0 Å². The van der Waals surface area contributed by atoms with Gasteiger partial charge in [-0.2, -0.15) is 0 Å². The van der Waals surface area contributed by atoms with Crippen LogP contribution in [0.25, 0.3) is 0 Å². The second-order valence-corrected chi connectivity index (χ2v) is 8.12. The molecule has 1 aromatic heterocycles. The summed E-state index contributed by atoms with van der Waals surface area (Å²) in [5.74, 6) is -0.0137. The zero-order chi connectivity index (χ0) is 21.0. The summed E-state index contributed by atoms with van der Waals surface area (Å²) >= 11 is 5.92. The van der Waals surface area contributed by atoms with Crippen LogP contribution in [0.1, 0.15) is 38.8 Å². The molecule has 1 N–H and O–H groups in total. The standard InChI is InChI=1S/C22H29ClN4O2/c1-4-16(2)26(22(29)24-18-9-7-17(23)8-10-18)15-21(28)27(19-11-12-19)14-20-6-5-13-25(20)3/h5-10,13,16,19H,4,11-12,14-15H2,1-3H3,(H,24,29). The molecule has 1 unspecified atom stereocenters. The van der Waals surface area contributed by atoms with Crippen LogP contribution in [0.3, 0.4) is 0 Å². The molecule has 1 aliphatic carbocycles. The van der Waals surface area contributed by atoms with Gasteiger partial charge >= 0.3 is 6.03 Å². The van der Waals surface area contributed by atoms with Crippen LogP contribution in [0, 0.1) is 0 Å². The summed E-state index contributed by atoms with van der Waals surface area (Å²) in [4.78, 5) is 29.6. The lowest BCUT2D eigenvalue weighted by Crippen LogP contribution is -2.48. The molecule has 1 fully saturated rings. The summed E-state index contributed by atoms with van der Waals surface area (Å²) in [6, 6.07) is 10.9. The van der Waals surface area contributed by atoms with Crippen molar-refractivity contribution in [1.82, 2.24) is 14.4 Å². The predicted molar refractivity (Wildman–Crippen MR) is 116 cm³/mol. The van der Waals surface area contributed by atoms with E-state index in [9.17, 15) is 9.59 Å². The molecule has 0 aliphatic heterocycles. The number of amides is 3. The molecule has 1 heterocycles. The SMILES string of the molecule is CCC(C)N(CC(=O)N(Cc1cccn1C)C1CC1)C(=O)Nc1ccc(Cl)cc1. The zero-order valence-corrected chi connectivity index (χ0v) is 18.0. The zero-order valence-electron chi connectivity index (χ0n) is 17.3. The molecule has 6 nitrogen and oxygen atoms in total. The number of hydrogen-bond donors (Lipinski definition) is 1. The molecular formula is C22H29ClN4O2. The van der Waals surface area contributed by atoms with Gasteiger partial charge in [-0.1, -0.05) is 18.5 Å². The predicted octanol–water partition coefficient (Wildman–Crippen LogP) is 4.50. The lowest BCUT2D eigenvalue weighted by atomic mass is 10.2. The van der Waals surface area contributed by atoms with Crippen LogP contribution >= 0.6 is 11.6 Å². The highest BCUT2D eigenvalue weighted by atomic mass is 35.5. The number of nitrogens with zero attached hydrogens (tertiary/aromatic N) is 3. The topological polar surface area (TPSA) is 57.6 Å². The normalized spacial score (nSPS) is 14.3. The van der Waals surface area contributed by atoms with Crippen molar-refractivity contribution < 1.29 is 9.59 Å². The fraction of sp³-hybridized carbons (Fsp3) is 0.455. The third kappa shape index (κ3) is 5.54. The summed E-state index contributed by atoms with van der Waals surface area (Å²) in [5.41, 5.74) is 1.74. The first-order valence-electron chi connectivity index (χ1n) is 10.1. The second kappa shape index (κ2) is 9.35. The van der Waals surface area contributed by atoms with Crippen molar-refractivity contribution in [2.24, 2.45) is 7.05 Å². The van der Waals surface area contributed by atoms with E-state index in [4.69, 9.17) is 11.6 Å². The van der Waals surface area contributed by atoms with Gasteiger partial charge in [0.2, 0.25) is 5.91 Å². The van der Waals surface area contributed by atoms with Crippen LogP contribution in [-0.2, 0) is 18.4 Å². The fourth-order valence-corrected chi connectivity index (χ4v) is 3.38. The third-order valence-corrected chi connectivity index (χ3v) is 5.73. The first kappa shape index (κ1) is 21.2. The fourth-order valence-electron chi connectivity index (χ4n) is 3.26. The van der Waals surface area contributed by atoms with Gasteiger partial charge in [-0.3, -0.25) is 4.79 Å². The first-order valence-corrected chi connectivity index (χ1v) is 10.5. The van der Waals surface area contributed by atoms with E-state index < -0.39 is 0 Å². The lowest BCUT2D eigenvalue weighted by Gasteiger charge is -2.31. The van der Waals surface area contributed by atoms with E-state index in [1.54, 1.807) is 29.2 Å². The molecule has 1 saturated carbocycles. The summed E-state index contributed by atoms with van der Waals surface area (Å²) < 4.78 is 2.03.